The van der Waals surface area contributed by atoms with Crippen molar-refractivity contribution in [3.05, 3.63) is 83.9 Å². The lowest BCUT2D eigenvalue weighted by molar-refractivity contribution is -0.119. The second-order valence-electron chi connectivity index (χ2n) is 8.14. The predicted octanol–water partition coefficient (Wildman–Crippen LogP) is 5.06. The monoisotopic (exact) mass is 520 g/mol. The summed E-state index contributed by atoms with van der Waals surface area (Å²) in [5.41, 5.74) is 1.89. The van der Waals surface area contributed by atoms with E-state index in [0.29, 0.717) is 35.8 Å². The zero-order valence-corrected chi connectivity index (χ0v) is 20.4. The molecule has 2 saturated heterocycles. The maximum Gasteiger partial charge on any atom is 0.286 e. The molecule has 2 heterocycles. The van der Waals surface area contributed by atoms with E-state index in [9.17, 15) is 19.2 Å². The summed E-state index contributed by atoms with van der Waals surface area (Å²) in [5, 5.41) is 3.19. The highest BCUT2D eigenvalue weighted by Gasteiger charge is 2.32. The summed E-state index contributed by atoms with van der Waals surface area (Å²) in [4.78, 5) is 46.1. The molecule has 5 rings (SSSR count). The summed E-state index contributed by atoms with van der Waals surface area (Å²) >= 11 is 2.03. The second-order valence-corrected chi connectivity index (χ2v) is 10.5. The van der Waals surface area contributed by atoms with Gasteiger partial charge in [-0.25, -0.2) is 0 Å². The first kappa shape index (κ1) is 24.0. The number of hydrogen-bond donors (Lipinski definition) is 2. The maximum atomic E-state index is 11.7. The third kappa shape index (κ3) is 5.89. The molecule has 2 aliphatic rings. The fourth-order valence-corrected chi connectivity index (χ4v) is 5.44. The van der Waals surface area contributed by atoms with E-state index >= 15 is 0 Å². The molecule has 10 heteroatoms. The number of carbonyl (C=O) groups is 4. The van der Waals surface area contributed by atoms with Crippen molar-refractivity contribution < 1.29 is 28.7 Å². The molecule has 2 aliphatic heterocycles. The Morgan fingerprint density at radius 1 is 0.528 bits per heavy atom. The van der Waals surface area contributed by atoms with Gasteiger partial charge >= 0.3 is 0 Å². The molecule has 8 nitrogen and oxygen atoms in total. The quantitative estimate of drug-likeness (QED) is 0.424. The molecule has 4 amide bonds. The molecule has 0 aliphatic carbocycles. The summed E-state index contributed by atoms with van der Waals surface area (Å²) < 4.78 is 11.8. The highest BCUT2D eigenvalue weighted by atomic mass is 32.2. The van der Waals surface area contributed by atoms with E-state index in [2.05, 4.69) is 10.6 Å². The van der Waals surface area contributed by atoms with Crippen molar-refractivity contribution in [2.45, 2.75) is 23.3 Å². The third-order valence-electron chi connectivity index (χ3n) is 5.52. The van der Waals surface area contributed by atoms with Gasteiger partial charge < -0.3 is 9.47 Å². The Morgan fingerprint density at radius 2 is 0.833 bits per heavy atom. The number of imide groups is 2. The van der Waals surface area contributed by atoms with E-state index in [1.165, 1.54) is 0 Å². The maximum absolute atomic E-state index is 11.7. The SMILES string of the molecule is O=C1NC(=O)C(Cc2ccc(Oc3ccc(Oc4ccc(CC5SC(=O)NC5=O)cc4)cc3)cc2)S1. The van der Waals surface area contributed by atoms with Crippen LogP contribution in [0.2, 0.25) is 0 Å². The van der Waals surface area contributed by atoms with E-state index in [4.69, 9.17) is 9.47 Å². The minimum absolute atomic E-state index is 0.251. The number of nitrogens with one attached hydrogen (secondary N) is 2. The summed E-state index contributed by atoms with van der Waals surface area (Å²) in [7, 11) is 0. The van der Waals surface area contributed by atoms with Gasteiger partial charge in [-0.05, 0) is 72.5 Å². The molecule has 0 radical (unpaired) electrons. The van der Waals surface area contributed by atoms with Crippen molar-refractivity contribution in [3.8, 4) is 23.0 Å². The van der Waals surface area contributed by atoms with Gasteiger partial charge in [0.25, 0.3) is 10.5 Å². The van der Waals surface area contributed by atoms with Gasteiger partial charge in [0.2, 0.25) is 11.8 Å². The smallest absolute Gasteiger partial charge is 0.286 e. The lowest BCUT2D eigenvalue weighted by Crippen LogP contribution is -2.25. The average molecular weight is 521 g/mol. The average Bonchev–Trinajstić information content (AvgIpc) is 3.35. The normalized spacial score (nSPS) is 19.2. The van der Waals surface area contributed by atoms with Crippen LogP contribution in [0.3, 0.4) is 0 Å². The lowest BCUT2D eigenvalue weighted by Gasteiger charge is -2.10. The van der Waals surface area contributed by atoms with Gasteiger partial charge in [0.1, 0.15) is 23.0 Å². The minimum atomic E-state index is -0.397. The first-order valence-electron chi connectivity index (χ1n) is 11.1. The van der Waals surface area contributed by atoms with E-state index in [0.717, 1.165) is 34.7 Å². The number of benzene rings is 3. The van der Waals surface area contributed by atoms with Crippen LogP contribution < -0.4 is 20.1 Å². The molecule has 2 unspecified atom stereocenters. The van der Waals surface area contributed by atoms with E-state index < -0.39 is 10.5 Å². The Balaban J connectivity index is 1.13. The van der Waals surface area contributed by atoms with Crippen molar-refractivity contribution in [2.75, 3.05) is 0 Å². The fourth-order valence-electron chi connectivity index (χ4n) is 3.72. The van der Waals surface area contributed by atoms with E-state index in [1.54, 1.807) is 24.3 Å². The molecule has 2 atom stereocenters. The highest BCUT2D eigenvalue weighted by Crippen LogP contribution is 2.29. The van der Waals surface area contributed by atoms with Crippen molar-refractivity contribution in [3.63, 3.8) is 0 Å². The van der Waals surface area contributed by atoms with Crippen LogP contribution >= 0.6 is 23.5 Å². The van der Waals surface area contributed by atoms with E-state index in [-0.39, 0.29) is 22.3 Å². The molecule has 0 spiro atoms. The van der Waals surface area contributed by atoms with Crippen LogP contribution in [0.25, 0.3) is 0 Å². The molecular weight excluding hydrogens is 500 g/mol. The topological polar surface area (TPSA) is 111 Å². The highest BCUT2D eigenvalue weighted by molar-refractivity contribution is 8.15. The first-order chi connectivity index (χ1) is 17.4. The first-order valence-corrected chi connectivity index (χ1v) is 12.8. The third-order valence-corrected chi connectivity index (χ3v) is 7.48. The summed E-state index contributed by atoms with van der Waals surface area (Å²) in [6.07, 6.45) is 0.953. The van der Waals surface area contributed by atoms with Crippen LogP contribution in [0.15, 0.2) is 72.8 Å². The summed E-state index contributed by atoms with van der Waals surface area (Å²) in [6, 6.07) is 22.0. The van der Waals surface area contributed by atoms with Gasteiger partial charge in [-0.2, -0.15) is 0 Å². The molecule has 2 fully saturated rings. The molecule has 182 valence electrons. The molecule has 0 aromatic heterocycles. The molecule has 2 N–H and O–H groups in total. The van der Waals surface area contributed by atoms with Crippen LogP contribution in [0.4, 0.5) is 9.59 Å². The standard InChI is InChI=1S/C26H20N2O6S2/c29-23-21(35-25(31)27-23)13-15-1-5-17(6-2-15)33-19-9-11-20(12-10-19)34-18-7-3-16(4-8-18)14-22-24(30)28-26(32)36-22/h1-12,21-22H,13-14H2,(H,27,29,31)(H,28,30,32). The van der Waals surface area contributed by atoms with Crippen LogP contribution in [0.1, 0.15) is 11.1 Å². The van der Waals surface area contributed by atoms with Crippen molar-refractivity contribution in [1.82, 2.24) is 10.6 Å². The minimum Gasteiger partial charge on any atom is -0.457 e. The predicted molar refractivity (Wildman–Crippen MR) is 137 cm³/mol. The summed E-state index contributed by atoms with van der Waals surface area (Å²) in [5.74, 6) is 2.08. The molecule has 3 aromatic rings. The molecule has 36 heavy (non-hydrogen) atoms. The number of thioether (sulfide) groups is 2. The van der Waals surface area contributed by atoms with Crippen molar-refractivity contribution in [2.24, 2.45) is 0 Å². The van der Waals surface area contributed by atoms with Crippen LogP contribution in [0, 0.1) is 0 Å². The van der Waals surface area contributed by atoms with Gasteiger partial charge in [0, 0.05) is 0 Å². The van der Waals surface area contributed by atoms with Crippen LogP contribution in [-0.4, -0.2) is 32.8 Å². The number of amides is 4. The Hall–Kier alpha value is -3.76. The van der Waals surface area contributed by atoms with Crippen molar-refractivity contribution >= 4 is 45.8 Å². The van der Waals surface area contributed by atoms with Gasteiger partial charge in [-0.15, -0.1) is 0 Å². The molecule has 3 aromatic carbocycles. The fraction of sp³-hybridized carbons (Fsp3) is 0.154. The number of hydrogen-bond acceptors (Lipinski definition) is 8. The van der Waals surface area contributed by atoms with Gasteiger partial charge in [-0.1, -0.05) is 47.8 Å². The zero-order chi connectivity index (χ0) is 25.1. The van der Waals surface area contributed by atoms with Crippen LogP contribution in [0.5, 0.6) is 23.0 Å². The van der Waals surface area contributed by atoms with Gasteiger partial charge in [-0.3, -0.25) is 29.8 Å². The molecule has 0 saturated carbocycles. The lowest BCUT2D eigenvalue weighted by atomic mass is 10.1. The molecule has 0 bridgehead atoms. The van der Waals surface area contributed by atoms with Gasteiger partial charge in [0.15, 0.2) is 0 Å². The molecular formula is C26H20N2O6S2. The van der Waals surface area contributed by atoms with Crippen molar-refractivity contribution in [1.29, 1.82) is 0 Å². The Morgan fingerprint density at radius 3 is 1.11 bits per heavy atom. The Bertz CT molecular complexity index is 1210. The van der Waals surface area contributed by atoms with Gasteiger partial charge in [0.05, 0.1) is 10.5 Å². The number of carbonyl (C=O) groups excluding carboxylic acids is 4. The van der Waals surface area contributed by atoms with Crippen LogP contribution in [-0.2, 0) is 22.4 Å². The number of rotatable bonds is 8. The zero-order valence-electron chi connectivity index (χ0n) is 18.8. The largest absolute Gasteiger partial charge is 0.457 e. The van der Waals surface area contributed by atoms with E-state index in [1.807, 2.05) is 48.5 Å². The number of ether oxygens (including phenoxy) is 2. The second kappa shape index (κ2) is 10.5. The Kier molecular flexibility index (Phi) is 6.97. The Labute approximate surface area is 215 Å². The summed E-state index contributed by atoms with van der Waals surface area (Å²) in [6.45, 7) is 0.